The molecular weight excluding hydrogens is 262 g/mol. The maximum atomic E-state index is 11.7. The van der Waals surface area contributed by atoms with Gasteiger partial charge in [-0.25, -0.2) is 0 Å². The number of hydrogen-bond donors (Lipinski definition) is 2. The van der Waals surface area contributed by atoms with Crippen molar-refractivity contribution in [3.8, 4) is 0 Å². The average molecular weight is 279 g/mol. The Hall–Kier alpha value is -2.41. The predicted octanol–water partition coefficient (Wildman–Crippen LogP) is 1.57. The van der Waals surface area contributed by atoms with Gasteiger partial charge in [0.2, 0.25) is 0 Å². The lowest BCUT2D eigenvalue weighted by atomic mass is 10.1. The normalized spacial score (nSPS) is 9.85. The molecule has 0 unspecified atom stereocenters. The zero-order valence-electron chi connectivity index (χ0n) is 11.2. The fourth-order valence-electron chi connectivity index (χ4n) is 1.53. The maximum absolute atomic E-state index is 11.7. The summed E-state index contributed by atoms with van der Waals surface area (Å²) in [6.07, 6.45) is 1.53. The summed E-state index contributed by atoms with van der Waals surface area (Å²) in [4.78, 5) is 22.2. The SMILES string of the molecule is C=CCNC(=O)c1ccc(NCCOC)c([N+](=O)[O-])c1. The molecule has 0 heterocycles. The van der Waals surface area contributed by atoms with E-state index in [1.54, 1.807) is 7.11 Å². The number of anilines is 1. The van der Waals surface area contributed by atoms with E-state index >= 15 is 0 Å². The number of benzene rings is 1. The van der Waals surface area contributed by atoms with E-state index in [9.17, 15) is 14.9 Å². The summed E-state index contributed by atoms with van der Waals surface area (Å²) in [7, 11) is 1.54. The van der Waals surface area contributed by atoms with Gasteiger partial charge >= 0.3 is 0 Å². The zero-order valence-corrected chi connectivity index (χ0v) is 11.2. The highest BCUT2D eigenvalue weighted by Gasteiger charge is 2.17. The number of methoxy groups -OCH3 is 1. The molecule has 7 nitrogen and oxygen atoms in total. The molecule has 0 aliphatic heterocycles. The molecule has 0 saturated heterocycles. The third-order valence-corrected chi connectivity index (χ3v) is 2.49. The van der Waals surface area contributed by atoms with Crippen LogP contribution in [-0.4, -0.2) is 37.6 Å². The molecule has 108 valence electrons. The van der Waals surface area contributed by atoms with Gasteiger partial charge in [-0.3, -0.25) is 14.9 Å². The number of ether oxygens (including phenoxy) is 1. The van der Waals surface area contributed by atoms with E-state index < -0.39 is 4.92 Å². The van der Waals surface area contributed by atoms with Crippen LogP contribution in [0, 0.1) is 10.1 Å². The van der Waals surface area contributed by atoms with Gasteiger partial charge in [0.15, 0.2) is 0 Å². The van der Waals surface area contributed by atoms with E-state index in [0.717, 1.165) is 0 Å². The summed E-state index contributed by atoms with van der Waals surface area (Å²) in [5.74, 6) is -0.378. The molecule has 2 N–H and O–H groups in total. The van der Waals surface area contributed by atoms with Crippen LogP contribution in [0.4, 0.5) is 11.4 Å². The highest BCUT2D eigenvalue weighted by molar-refractivity contribution is 5.95. The molecule has 0 radical (unpaired) electrons. The molecule has 20 heavy (non-hydrogen) atoms. The first-order valence-electron chi connectivity index (χ1n) is 6.00. The molecule has 1 amide bonds. The lowest BCUT2D eigenvalue weighted by molar-refractivity contribution is -0.384. The van der Waals surface area contributed by atoms with Crippen LogP contribution < -0.4 is 10.6 Å². The van der Waals surface area contributed by atoms with Gasteiger partial charge in [0, 0.05) is 31.8 Å². The standard InChI is InChI=1S/C13H17N3O4/c1-3-6-15-13(17)10-4-5-11(14-7-8-20-2)12(9-10)16(18)19/h3-5,9,14H,1,6-8H2,2H3,(H,15,17). The molecule has 7 heteroatoms. The highest BCUT2D eigenvalue weighted by atomic mass is 16.6. The van der Waals surface area contributed by atoms with Crippen LogP contribution in [0.1, 0.15) is 10.4 Å². The van der Waals surface area contributed by atoms with Crippen molar-refractivity contribution in [1.29, 1.82) is 0 Å². The van der Waals surface area contributed by atoms with Crippen molar-refractivity contribution in [3.63, 3.8) is 0 Å². The highest BCUT2D eigenvalue weighted by Crippen LogP contribution is 2.25. The minimum atomic E-state index is -0.528. The molecule has 1 aromatic rings. The van der Waals surface area contributed by atoms with E-state index in [1.807, 2.05) is 0 Å². The van der Waals surface area contributed by atoms with E-state index in [4.69, 9.17) is 4.74 Å². The van der Waals surface area contributed by atoms with Crippen LogP contribution >= 0.6 is 0 Å². The van der Waals surface area contributed by atoms with Crippen LogP contribution in [0.3, 0.4) is 0 Å². The lowest BCUT2D eigenvalue weighted by Gasteiger charge is -2.08. The van der Waals surface area contributed by atoms with Crippen molar-refractivity contribution in [1.82, 2.24) is 5.32 Å². The summed E-state index contributed by atoms with van der Waals surface area (Å²) in [6.45, 7) is 4.66. The number of nitro benzene ring substituents is 1. The number of nitro groups is 1. The van der Waals surface area contributed by atoms with Gasteiger partial charge in [-0.2, -0.15) is 0 Å². The minimum absolute atomic E-state index is 0.146. The Bertz CT molecular complexity index is 502. The molecule has 0 atom stereocenters. The van der Waals surface area contributed by atoms with Crippen molar-refractivity contribution in [2.24, 2.45) is 0 Å². The molecule has 0 aliphatic rings. The fourth-order valence-corrected chi connectivity index (χ4v) is 1.53. The Balaban J connectivity index is 2.91. The molecule has 0 bridgehead atoms. The second-order valence-electron chi connectivity index (χ2n) is 3.91. The molecule has 0 saturated carbocycles. The summed E-state index contributed by atoms with van der Waals surface area (Å²) in [5.41, 5.74) is 0.440. The summed E-state index contributed by atoms with van der Waals surface area (Å²) in [6, 6.07) is 4.28. The Morgan fingerprint density at radius 3 is 2.90 bits per heavy atom. The number of carbonyl (C=O) groups excluding carboxylic acids is 1. The molecule has 0 aromatic heterocycles. The number of nitrogens with one attached hydrogen (secondary N) is 2. The first-order chi connectivity index (χ1) is 9.60. The minimum Gasteiger partial charge on any atom is -0.383 e. The Morgan fingerprint density at radius 1 is 1.55 bits per heavy atom. The average Bonchev–Trinajstić information content (AvgIpc) is 2.45. The first-order valence-corrected chi connectivity index (χ1v) is 6.00. The van der Waals surface area contributed by atoms with Crippen molar-refractivity contribution < 1.29 is 14.5 Å². The Morgan fingerprint density at radius 2 is 2.30 bits per heavy atom. The van der Waals surface area contributed by atoms with Gasteiger partial charge in [-0.1, -0.05) is 6.08 Å². The van der Waals surface area contributed by atoms with Crippen LogP contribution in [-0.2, 0) is 4.74 Å². The first kappa shape index (κ1) is 15.6. The van der Waals surface area contributed by atoms with E-state index in [2.05, 4.69) is 17.2 Å². The van der Waals surface area contributed by atoms with Crippen molar-refractivity contribution in [3.05, 3.63) is 46.5 Å². The topological polar surface area (TPSA) is 93.5 Å². The number of rotatable bonds is 8. The Labute approximate surface area is 116 Å². The van der Waals surface area contributed by atoms with Crippen molar-refractivity contribution in [2.75, 3.05) is 32.1 Å². The van der Waals surface area contributed by atoms with E-state index in [-0.39, 0.29) is 17.2 Å². The van der Waals surface area contributed by atoms with Gasteiger partial charge < -0.3 is 15.4 Å². The van der Waals surface area contributed by atoms with Gasteiger partial charge in [0.25, 0.3) is 11.6 Å². The monoisotopic (exact) mass is 279 g/mol. The third-order valence-electron chi connectivity index (χ3n) is 2.49. The largest absolute Gasteiger partial charge is 0.383 e. The van der Waals surface area contributed by atoms with E-state index in [1.165, 1.54) is 24.3 Å². The Kier molecular flexibility index (Phi) is 6.18. The second-order valence-corrected chi connectivity index (χ2v) is 3.91. The molecule has 0 aliphatic carbocycles. The number of carbonyl (C=O) groups is 1. The fraction of sp³-hybridized carbons (Fsp3) is 0.308. The van der Waals surface area contributed by atoms with Crippen LogP contribution in [0.5, 0.6) is 0 Å². The van der Waals surface area contributed by atoms with E-state index in [0.29, 0.717) is 25.4 Å². The number of hydrogen-bond acceptors (Lipinski definition) is 5. The molecule has 1 aromatic carbocycles. The van der Waals surface area contributed by atoms with Crippen molar-refractivity contribution in [2.45, 2.75) is 0 Å². The molecule has 1 rings (SSSR count). The summed E-state index contributed by atoms with van der Waals surface area (Å²) < 4.78 is 4.86. The third kappa shape index (κ3) is 4.36. The molecule has 0 spiro atoms. The van der Waals surface area contributed by atoms with Gasteiger partial charge in [-0.15, -0.1) is 6.58 Å². The van der Waals surface area contributed by atoms with Gasteiger partial charge in [-0.05, 0) is 12.1 Å². The number of amides is 1. The maximum Gasteiger partial charge on any atom is 0.293 e. The smallest absolute Gasteiger partial charge is 0.293 e. The summed E-state index contributed by atoms with van der Waals surface area (Å²) in [5, 5.41) is 16.5. The number of nitrogens with zero attached hydrogens (tertiary/aromatic N) is 1. The van der Waals surface area contributed by atoms with Gasteiger partial charge in [0.1, 0.15) is 5.69 Å². The quantitative estimate of drug-likeness (QED) is 0.326. The van der Waals surface area contributed by atoms with Crippen molar-refractivity contribution >= 4 is 17.3 Å². The predicted molar refractivity (Wildman–Crippen MR) is 76.0 cm³/mol. The molecular formula is C13H17N3O4. The van der Waals surface area contributed by atoms with Crippen LogP contribution in [0.25, 0.3) is 0 Å². The van der Waals surface area contributed by atoms with Crippen LogP contribution in [0.2, 0.25) is 0 Å². The van der Waals surface area contributed by atoms with Crippen LogP contribution in [0.15, 0.2) is 30.9 Å². The zero-order chi connectivity index (χ0) is 15.0. The molecule has 0 fully saturated rings. The lowest BCUT2D eigenvalue weighted by Crippen LogP contribution is -2.23. The van der Waals surface area contributed by atoms with Gasteiger partial charge in [0.05, 0.1) is 11.5 Å². The summed E-state index contributed by atoms with van der Waals surface area (Å²) >= 11 is 0. The second kappa shape index (κ2) is 7.90.